The number of amides is 2. The van der Waals surface area contributed by atoms with Crippen LogP contribution in [-0.2, 0) is 11.3 Å². The molecule has 1 aromatic carbocycles. The van der Waals surface area contributed by atoms with Gasteiger partial charge in [0.25, 0.3) is 0 Å². The Balaban J connectivity index is 1.43. The Bertz CT molecular complexity index is 636. The molecule has 0 aliphatic carbocycles. The lowest BCUT2D eigenvalue weighted by Gasteiger charge is -2.33. The van der Waals surface area contributed by atoms with Crippen LogP contribution in [0.5, 0.6) is 0 Å². The molecule has 6 nitrogen and oxygen atoms in total. The van der Waals surface area contributed by atoms with Gasteiger partial charge in [0, 0.05) is 32.4 Å². The lowest BCUT2D eigenvalue weighted by Crippen LogP contribution is -2.47. The number of hydrogen-bond acceptors (Lipinski definition) is 4. The largest absolute Gasteiger partial charge is 0.374 e. The minimum Gasteiger partial charge on any atom is -0.374 e. The normalized spacial score (nSPS) is 18.1. The zero-order chi connectivity index (χ0) is 16.6. The first kappa shape index (κ1) is 16.4. The van der Waals surface area contributed by atoms with Gasteiger partial charge in [-0.15, -0.1) is 0 Å². The maximum absolute atomic E-state index is 11.9. The highest BCUT2D eigenvalue weighted by Gasteiger charge is 2.21. The molecule has 2 aromatic rings. The second-order valence-electron chi connectivity index (χ2n) is 5.79. The zero-order valence-corrected chi connectivity index (χ0v) is 13.5. The van der Waals surface area contributed by atoms with Gasteiger partial charge in [-0.1, -0.05) is 30.3 Å². The fourth-order valence-electron chi connectivity index (χ4n) is 2.71. The van der Waals surface area contributed by atoms with Crippen LogP contribution in [0.25, 0.3) is 0 Å². The second kappa shape index (κ2) is 8.42. The van der Waals surface area contributed by atoms with Crippen molar-refractivity contribution in [3.8, 4) is 0 Å². The molecule has 2 heterocycles. The van der Waals surface area contributed by atoms with Crippen LogP contribution in [0.3, 0.4) is 0 Å². The number of carbonyl (C=O) groups is 1. The van der Waals surface area contributed by atoms with Crippen LogP contribution in [0.15, 0.2) is 54.9 Å². The summed E-state index contributed by atoms with van der Waals surface area (Å²) < 4.78 is 5.75. The van der Waals surface area contributed by atoms with Gasteiger partial charge in [0.2, 0.25) is 0 Å². The molecule has 1 unspecified atom stereocenters. The van der Waals surface area contributed by atoms with Gasteiger partial charge in [-0.2, -0.15) is 0 Å². The number of benzene rings is 1. The molecule has 24 heavy (non-hydrogen) atoms. The van der Waals surface area contributed by atoms with E-state index < -0.39 is 0 Å². The van der Waals surface area contributed by atoms with Crippen LogP contribution in [0, 0.1) is 0 Å². The van der Waals surface area contributed by atoms with Gasteiger partial charge in [0.15, 0.2) is 0 Å². The summed E-state index contributed by atoms with van der Waals surface area (Å²) in [7, 11) is 0. The van der Waals surface area contributed by atoms with Gasteiger partial charge in [-0.3, -0.25) is 9.88 Å². The molecule has 0 spiro atoms. The van der Waals surface area contributed by atoms with E-state index >= 15 is 0 Å². The van der Waals surface area contributed by atoms with Crippen molar-refractivity contribution in [3.63, 3.8) is 0 Å². The summed E-state index contributed by atoms with van der Waals surface area (Å²) in [5.74, 6) is 0. The summed E-state index contributed by atoms with van der Waals surface area (Å²) >= 11 is 0. The molecule has 1 aliphatic rings. The van der Waals surface area contributed by atoms with E-state index in [9.17, 15) is 4.79 Å². The number of pyridine rings is 1. The Labute approximate surface area is 141 Å². The lowest BCUT2D eigenvalue weighted by atomic mass is 10.2. The molecule has 0 bridgehead atoms. The van der Waals surface area contributed by atoms with Crippen LogP contribution < -0.4 is 10.6 Å². The average molecular weight is 326 g/mol. The quantitative estimate of drug-likeness (QED) is 0.883. The molecule has 1 fully saturated rings. The first-order valence-electron chi connectivity index (χ1n) is 8.12. The van der Waals surface area contributed by atoms with Crippen molar-refractivity contribution in [3.05, 3.63) is 60.4 Å². The maximum atomic E-state index is 11.9. The van der Waals surface area contributed by atoms with E-state index in [4.69, 9.17) is 4.74 Å². The lowest BCUT2D eigenvalue weighted by molar-refractivity contribution is -0.0285. The van der Waals surface area contributed by atoms with Crippen molar-refractivity contribution in [2.75, 3.05) is 31.6 Å². The highest BCUT2D eigenvalue weighted by atomic mass is 16.5. The molecular weight excluding hydrogens is 304 g/mol. The molecule has 6 heteroatoms. The SMILES string of the molecule is O=C(NCC1CN(Cc2ccccc2)CCO1)Nc1cccnc1. The molecule has 126 valence electrons. The summed E-state index contributed by atoms with van der Waals surface area (Å²) in [4.78, 5) is 18.2. The first-order valence-corrected chi connectivity index (χ1v) is 8.12. The van der Waals surface area contributed by atoms with E-state index in [-0.39, 0.29) is 12.1 Å². The van der Waals surface area contributed by atoms with Gasteiger partial charge >= 0.3 is 6.03 Å². The highest BCUT2D eigenvalue weighted by molar-refractivity contribution is 5.88. The number of hydrogen-bond donors (Lipinski definition) is 2. The van der Waals surface area contributed by atoms with E-state index in [1.54, 1.807) is 24.5 Å². The predicted molar refractivity (Wildman–Crippen MR) is 92.7 cm³/mol. The summed E-state index contributed by atoms with van der Waals surface area (Å²) in [6.45, 7) is 3.79. The Hall–Kier alpha value is -2.44. The van der Waals surface area contributed by atoms with E-state index in [1.165, 1.54) is 5.56 Å². The highest BCUT2D eigenvalue weighted by Crippen LogP contribution is 2.10. The number of nitrogens with zero attached hydrogens (tertiary/aromatic N) is 2. The van der Waals surface area contributed by atoms with Gasteiger partial charge in [-0.25, -0.2) is 4.79 Å². The van der Waals surface area contributed by atoms with Crippen molar-refractivity contribution in [1.29, 1.82) is 0 Å². The summed E-state index contributed by atoms with van der Waals surface area (Å²) in [6.07, 6.45) is 3.28. The smallest absolute Gasteiger partial charge is 0.319 e. The van der Waals surface area contributed by atoms with Crippen LogP contribution in [-0.4, -0.2) is 48.3 Å². The van der Waals surface area contributed by atoms with Gasteiger partial charge < -0.3 is 15.4 Å². The first-order chi connectivity index (χ1) is 11.8. The molecule has 0 radical (unpaired) electrons. The van der Waals surface area contributed by atoms with Crippen LogP contribution in [0.1, 0.15) is 5.56 Å². The van der Waals surface area contributed by atoms with Crippen molar-refractivity contribution in [2.24, 2.45) is 0 Å². The molecule has 2 N–H and O–H groups in total. The zero-order valence-electron chi connectivity index (χ0n) is 13.5. The molecule has 1 atom stereocenters. The van der Waals surface area contributed by atoms with Crippen LogP contribution in [0.4, 0.5) is 10.5 Å². The molecular formula is C18H22N4O2. The van der Waals surface area contributed by atoms with E-state index in [0.29, 0.717) is 18.8 Å². The van der Waals surface area contributed by atoms with Gasteiger partial charge in [-0.05, 0) is 17.7 Å². The molecule has 2 amide bonds. The number of nitrogens with one attached hydrogen (secondary N) is 2. The van der Waals surface area contributed by atoms with Gasteiger partial charge in [0.05, 0.1) is 24.6 Å². The Kier molecular flexibility index (Phi) is 5.76. The van der Waals surface area contributed by atoms with Crippen molar-refractivity contribution in [1.82, 2.24) is 15.2 Å². The number of carbonyl (C=O) groups excluding carboxylic acids is 1. The molecule has 1 aromatic heterocycles. The number of anilines is 1. The molecule has 1 aliphatic heterocycles. The van der Waals surface area contributed by atoms with Gasteiger partial charge in [0.1, 0.15) is 0 Å². The minimum atomic E-state index is -0.244. The topological polar surface area (TPSA) is 66.5 Å². The maximum Gasteiger partial charge on any atom is 0.319 e. The predicted octanol–water partition coefficient (Wildman–Crippen LogP) is 2.10. The Morgan fingerprint density at radius 1 is 1.25 bits per heavy atom. The average Bonchev–Trinajstić information content (AvgIpc) is 2.62. The number of urea groups is 1. The third-order valence-electron chi connectivity index (χ3n) is 3.88. The van der Waals surface area contributed by atoms with Crippen molar-refractivity contribution < 1.29 is 9.53 Å². The molecule has 1 saturated heterocycles. The molecule has 3 rings (SSSR count). The summed E-state index contributed by atoms with van der Waals surface area (Å²) in [5.41, 5.74) is 1.96. The Morgan fingerprint density at radius 2 is 2.12 bits per heavy atom. The Morgan fingerprint density at radius 3 is 2.92 bits per heavy atom. The van der Waals surface area contributed by atoms with Crippen molar-refractivity contribution in [2.45, 2.75) is 12.6 Å². The number of ether oxygens (including phenoxy) is 1. The van der Waals surface area contributed by atoms with E-state index in [2.05, 4.69) is 44.8 Å². The number of morpholine rings is 1. The number of rotatable bonds is 5. The van der Waals surface area contributed by atoms with Crippen molar-refractivity contribution >= 4 is 11.7 Å². The fourth-order valence-corrected chi connectivity index (χ4v) is 2.71. The van der Waals surface area contributed by atoms with E-state index in [1.807, 2.05) is 6.07 Å². The standard InChI is InChI=1S/C18H22N4O2/c23-18(21-16-7-4-8-19-11-16)20-12-17-14-22(9-10-24-17)13-15-5-2-1-3-6-15/h1-8,11,17H,9-10,12-14H2,(H2,20,21,23). The minimum absolute atomic E-state index is 0.00195. The second-order valence-corrected chi connectivity index (χ2v) is 5.79. The van der Waals surface area contributed by atoms with E-state index in [0.717, 1.165) is 19.6 Å². The fraction of sp³-hybridized carbons (Fsp3) is 0.333. The number of aromatic nitrogens is 1. The third-order valence-corrected chi connectivity index (χ3v) is 3.88. The van der Waals surface area contributed by atoms with Crippen LogP contribution >= 0.6 is 0 Å². The summed E-state index contributed by atoms with van der Waals surface area (Å²) in [5, 5.41) is 5.61. The molecule has 0 saturated carbocycles. The summed E-state index contributed by atoms with van der Waals surface area (Å²) in [6, 6.07) is 13.7. The monoisotopic (exact) mass is 326 g/mol. The third kappa shape index (κ3) is 5.04. The van der Waals surface area contributed by atoms with Crippen LogP contribution in [0.2, 0.25) is 0 Å².